The molecule has 0 saturated carbocycles. The van der Waals surface area contributed by atoms with Gasteiger partial charge in [-0.3, -0.25) is 19.4 Å². The number of carbonyl (C=O) groups is 2. The van der Waals surface area contributed by atoms with Gasteiger partial charge < -0.3 is 14.4 Å². The zero-order valence-corrected chi connectivity index (χ0v) is 29.9. The molecule has 0 radical (unpaired) electrons. The molecule has 3 aromatic rings. The van der Waals surface area contributed by atoms with Gasteiger partial charge in [0.15, 0.2) is 6.23 Å². The molecule has 2 aliphatic rings. The molecule has 2 aromatic carbocycles. The highest BCUT2D eigenvalue weighted by molar-refractivity contribution is 7.17. The van der Waals surface area contributed by atoms with Crippen molar-refractivity contribution < 1.29 is 19.1 Å². The summed E-state index contributed by atoms with van der Waals surface area (Å²) in [4.78, 5) is 32.8. The Morgan fingerprint density at radius 2 is 1.68 bits per heavy atom. The van der Waals surface area contributed by atoms with E-state index in [0.717, 1.165) is 81.8 Å². The van der Waals surface area contributed by atoms with Crippen LogP contribution < -0.4 is 14.5 Å². The van der Waals surface area contributed by atoms with E-state index < -0.39 is 6.23 Å². The summed E-state index contributed by atoms with van der Waals surface area (Å²) in [5, 5.41) is 3.55. The van der Waals surface area contributed by atoms with Crippen molar-refractivity contribution in [1.29, 1.82) is 0 Å². The number of rotatable bonds is 17. The molecule has 1 atom stereocenters. The van der Waals surface area contributed by atoms with Crippen LogP contribution in [-0.2, 0) is 19.7 Å². The predicted molar refractivity (Wildman–Crippen MR) is 195 cm³/mol. The number of piperazine rings is 1. The number of anilines is 2. The van der Waals surface area contributed by atoms with Crippen LogP contribution in [0, 0.1) is 0 Å². The Morgan fingerprint density at radius 1 is 0.915 bits per heavy atom. The Labute approximate surface area is 286 Å². The average Bonchev–Trinajstić information content (AvgIpc) is 3.53. The van der Waals surface area contributed by atoms with Gasteiger partial charge in [-0.15, -0.1) is 11.3 Å². The lowest BCUT2D eigenvalue weighted by Gasteiger charge is -2.41. The summed E-state index contributed by atoms with van der Waals surface area (Å²) in [6.07, 6.45) is 10.2. The smallest absolute Gasteiger partial charge is 0.307 e. The molecule has 256 valence electrons. The first-order valence-corrected chi connectivity index (χ1v) is 18.9. The van der Waals surface area contributed by atoms with E-state index >= 15 is 0 Å². The number of esters is 1. The summed E-state index contributed by atoms with van der Waals surface area (Å²) in [6, 6.07) is 14.9. The van der Waals surface area contributed by atoms with Gasteiger partial charge in [0, 0.05) is 66.3 Å². The van der Waals surface area contributed by atoms with Crippen LogP contribution in [0.3, 0.4) is 0 Å². The molecule has 1 unspecified atom stereocenters. The van der Waals surface area contributed by atoms with Crippen LogP contribution in [0.1, 0.15) is 104 Å². The van der Waals surface area contributed by atoms with Crippen molar-refractivity contribution >= 4 is 44.7 Å². The van der Waals surface area contributed by atoms with Crippen molar-refractivity contribution in [3.63, 3.8) is 0 Å². The normalized spacial score (nSPS) is 17.1. The SMILES string of the molecule is CCCCCCCCCC(=O)OC(C)N1C(=O)CC(C)(C)c2ccc(OCCCCN3CCN(c4cccc5sccc45)CC3)cc21. The Bertz CT molecular complexity index is 1460. The fourth-order valence-corrected chi connectivity index (χ4v) is 7.89. The maximum Gasteiger partial charge on any atom is 0.307 e. The third kappa shape index (κ3) is 9.29. The van der Waals surface area contributed by atoms with Crippen molar-refractivity contribution in [2.24, 2.45) is 0 Å². The predicted octanol–water partition coefficient (Wildman–Crippen LogP) is 8.93. The number of ether oxygens (including phenoxy) is 2. The van der Waals surface area contributed by atoms with E-state index in [0.29, 0.717) is 19.4 Å². The Hall–Kier alpha value is -3.10. The van der Waals surface area contributed by atoms with Gasteiger partial charge in [-0.2, -0.15) is 0 Å². The van der Waals surface area contributed by atoms with Gasteiger partial charge in [0.05, 0.1) is 12.3 Å². The molecule has 7 nitrogen and oxygen atoms in total. The van der Waals surface area contributed by atoms with Crippen molar-refractivity contribution in [3.8, 4) is 5.75 Å². The minimum atomic E-state index is -0.664. The van der Waals surface area contributed by atoms with Crippen LogP contribution in [0.4, 0.5) is 11.4 Å². The minimum absolute atomic E-state index is 0.0250. The van der Waals surface area contributed by atoms with Gasteiger partial charge in [0.1, 0.15) is 5.75 Å². The van der Waals surface area contributed by atoms with E-state index in [1.165, 1.54) is 41.5 Å². The first-order valence-electron chi connectivity index (χ1n) is 18.0. The quantitative estimate of drug-likeness (QED) is 0.106. The fourth-order valence-electron chi connectivity index (χ4n) is 7.09. The van der Waals surface area contributed by atoms with Crippen LogP contribution >= 0.6 is 11.3 Å². The van der Waals surface area contributed by atoms with Crippen molar-refractivity contribution in [3.05, 3.63) is 53.4 Å². The van der Waals surface area contributed by atoms with Crippen LogP contribution in [0.2, 0.25) is 0 Å². The van der Waals surface area contributed by atoms with Crippen molar-refractivity contribution in [1.82, 2.24) is 4.90 Å². The van der Waals surface area contributed by atoms with Gasteiger partial charge >= 0.3 is 5.97 Å². The maximum atomic E-state index is 13.4. The van der Waals surface area contributed by atoms with Gasteiger partial charge in [-0.25, -0.2) is 0 Å². The lowest BCUT2D eigenvalue weighted by Crippen LogP contribution is -2.48. The molecular formula is C39H55N3O4S. The summed E-state index contributed by atoms with van der Waals surface area (Å²) in [6.45, 7) is 14.2. The van der Waals surface area contributed by atoms with E-state index in [1.54, 1.807) is 11.8 Å². The molecule has 47 heavy (non-hydrogen) atoms. The highest BCUT2D eigenvalue weighted by atomic mass is 32.1. The first kappa shape index (κ1) is 35.2. The molecular weight excluding hydrogens is 607 g/mol. The number of carbonyl (C=O) groups excluding carboxylic acids is 2. The number of fused-ring (bicyclic) bond motifs is 2. The van der Waals surface area contributed by atoms with E-state index in [-0.39, 0.29) is 17.3 Å². The van der Waals surface area contributed by atoms with Crippen molar-refractivity contribution in [2.75, 3.05) is 49.1 Å². The number of hydrogen-bond donors (Lipinski definition) is 0. The van der Waals surface area contributed by atoms with E-state index in [4.69, 9.17) is 9.47 Å². The summed E-state index contributed by atoms with van der Waals surface area (Å²) >= 11 is 1.81. The van der Waals surface area contributed by atoms with Crippen LogP contribution in [0.15, 0.2) is 47.8 Å². The molecule has 1 fully saturated rings. The van der Waals surface area contributed by atoms with Crippen LogP contribution in [-0.4, -0.2) is 62.3 Å². The lowest BCUT2D eigenvalue weighted by atomic mass is 9.77. The first-order chi connectivity index (χ1) is 22.8. The van der Waals surface area contributed by atoms with Crippen molar-refractivity contribution in [2.45, 2.75) is 110 Å². The zero-order chi connectivity index (χ0) is 33.2. The number of unbranched alkanes of at least 4 members (excludes halogenated alkanes) is 7. The zero-order valence-electron chi connectivity index (χ0n) is 29.1. The standard InChI is InChI=1S/C39H55N3O4S/c1-5-6-7-8-9-10-11-17-38(44)46-30(2)42-35-28-31(18-19-33(35)39(3,4)29-37(42)43)45-26-13-12-21-40-22-24-41(25-23-40)34-15-14-16-36-32(34)20-27-47-36/h14-16,18-20,27-28,30H,5-13,17,21-26,29H2,1-4H3. The van der Waals surface area contributed by atoms with Gasteiger partial charge in [-0.1, -0.05) is 71.4 Å². The van der Waals surface area contributed by atoms with Crippen LogP contribution in [0.5, 0.6) is 5.75 Å². The highest BCUT2D eigenvalue weighted by Gasteiger charge is 2.39. The topological polar surface area (TPSA) is 62.3 Å². The van der Waals surface area contributed by atoms with Gasteiger partial charge in [-0.05, 0) is 67.9 Å². The van der Waals surface area contributed by atoms with Crippen LogP contribution in [0.25, 0.3) is 10.1 Å². The largest absolute Gasteiger partial charge is 0.494 e. The van der Waals surface area contributed by atoms with E-state index in [9.17, 15) is 9.59 Å². The lowest BCUT2D eigenvalue weighted by molar-refractivity contribution is -0.149. The third-order valence-corrected chi connectivity index (χ3v) is 10.7. The number of nitrogens with zero attached hydrogens (tertiary/aromatic N) is 3. The number of benzene rings is 2. The monoisotopic (exact) mass is 661 g/mol. The Kier molecular flexibility index (Phi) is 12.6. The Morgan fingerprint density at radius 3 is 2.47 bits per heavy atom. The number of hydrogen-bond acceptors (Lipinski definition) is 7. The molecule has 8 heteroatoms. The molecule has 1 amide bonds. The Balaban J connectivity index is 1.07. The maximum absolute atomic E-state index is 13.4. The van der Waals surface area contributed by atoms with E-state index in [2.05, 4.69) is 66.3 Å². The summed E-state index contributed by atoms with van der Waals surface area (Å²) in [5.74, 6) is 0.485. The molecule has 2 aliphatic heterocycles. The van der Waals surface area contributed by atoms with Gasteiger partial charge in [0.25, 0.3) is 0 Å². The molecule has 0 N–H and O–H groups in total. The fraction of sp³-hybridized carbons (Fsp3) is 0.590. The highest BCUT2D eigenvalue weighted by Crippen LogP contribution is 2.43. The molecule has 5 rings (SSSR count). The summed E-state index contributed by atoms with van der Waals surface area (Å²) < 4.78 is 13.4. The molecule has 0 aliphatic carbocycles. The minimum Gasteiger partial charge on any atom is -0.494 e. The molecule has 1 aromatic heterocycles. The van der Waals surface area contributed by atoms with Gasteiger partial charge in [0.2, 0.25) is 5.91 Å². The summed E-state index contributed by atoms with van der Waals surface area (Å²) in [7, 11) is 0. The second-order valence-corrected chi connectivity index (χ2v) is 14.9. The molecule has 0 spiro atoms. The number of thiophene rings is 1. The molecule has 1 saturated heterocycles. The summed E-state index contributed by atoms with van der Waals surface area (Å²) in [5.41, 5.74) is 2.93. The third-order valence-electron chi connectivity index (χ3n) is 9.79. The second kappa shape index (κ2) is 16.8. The molecule has 3 heterocycles. The average molecular weight is 662 g/mol. The molecule has 0 bridgehead atoms. The number of amides is 1. The second-order valence-electron chi connectivity index (χ2n) is 14.0. The van der Waals surface area contributed by atoms with E-state index in [1.807, 2.05) is 23.5 Å².